The van der Waals surface area contributed by atoms with Gasteiger partial charge in [0, 0.05) is 0 Å². The normalized spacial score (nSPS) is 18.2. The first-order valence-electron chi connectivity index (χ1n) is 6.19. The van der Waals surface area contributed by atoms with Crippen LogP contribution in [0.1, 0.15) is 0 Å². The third-order valence-corrected chi connectivity index (χ3v) is 3.77. The molecule has 0 fully saturated rings. The van der Waals surface area contributed by atoms with Gasteiger partial charge >= 0.3 is 0 Å². The first kappa shape index (κ1) is 6.77. The fourth-order valence-corrected chi connectivity index (χ4v) is 2.62. The van der Waals surface area contributed by atoms with E-state index in [1.165, 1.54) is 0 Å². The topological polar surface area (TPSA) is 146 Å². The van der Waals surface area contributed by atoms with Crippen molar-refractivity contribution in [1.29, 1.82) is 0 Å². The Morgan fingerprint density at radius 3 is 2.12 bits per heavy atom. The van der Waals surface area contributed by atoms with Crippen molar-refractivity contribution in [3.63, 3.8) is 0 Å². The molecule has 6 N–H and O–H groups in total. The first-order valence-corrected chi connectivity index (χ1v) is 6.77. The zero-order valence-corrected chi connectivity index (χ0v) is 9.71. The Hall–Kier alpha value is -0.870. The number of hydrogen-bond donors (Lipinski definition) is 3. The van der Waals surface area contributed by atoms with Crippen molar-refractivity contribution in [2.75, 3.05) is 5.72 Å². The summed E-state index contributed by atoms with van der Waals surface area (Å²) in [5.41, 5.74) is -0.910. The highest BCUT2D eigenvalue weighted by Gasteiger charge is 2.20. The van der Waals surface area contributed by atoms with Gasteiger partial charge in [-0.1, -0.05) is 11.6 Å². The van der Waals surface area contributed by atoms with Gasteiger partial charge in [0.1, 0.15) is 15.4 Å². The Morgan fingerprint density at radius 2 is 1.62 bits per heavy atom. The molecule has 0 atom stereocenters. The van der Waals surface area contributed by atoms with Crippen LogP contribution in [0.2, 0.25) is 13.5 Å². The molecule has 0 bridgehead atoms. The number of benzene rings is 1. The first-order chi connectivity index (χ1) is 9.83. The van der Waals surface area contributed by atoms with Crippen molar-refractivity contribution >= 4 is 37.3 Å². The lowest BCUT2D eigenvalue weighted by molar-refractivity contribution is 0.596. The lowest BCUT2D eigenvalue weighted by Gasteiger charge is -2.07. The molecular formula is C6H8ClN3O4S2. The zero-order valence-electron chi connectivity index (χ0n) is 13.3. The molecule has 1 aromatic rings. The van der Waals surface area contributed by atoms with Crippen LogP contribution in [0.5, 0.6) is 0 Å². The Labute approximate surface area is 106 Å². The SMILES string of the molecule is [2H]N([2H])c1cc(Cl)c(S(=O)(=O)N([2H])[2H])cc1S(=O)(=O)N([2H])[2H]. The monoisotopic (exact) mass is 291 g/mol. The molecule has 90 valence electrons. The van der Waals surface area contributed by atoms with E-state index < -0.39 is 50.8 Å². The van der Waals surface area contributed by atoms with Gasteiger partial charge in [0.25, 0.3) is 0 Å². The van der Waals surface area contributed by atoms with Crippen LogP contribution in [0.4, 0.5) is 5.69 Å². The van der Waals surface area contributed by atoms with Crippen molar-refractivity contribution in [2.24, 2.45) is 10.3 Å². The molecule has 0 aromatic heterocycles. The van der Waals surface area contributed by atoms with Crippen LogP contribution in [-0.4, -0.2) is 16.8 Å². The molecule has 1 aromatic carbocycles. The molecule has 0 aliphatic carbocycles. The van der Waals surface area contributed by atoms with Crippen LogP contribution >= 0.6 is 11.6 Å². The minimum Gasteiger partial charge on any atom is -0.398 e. The quantitative estimate of drug-likeness (QED) is 0.609. The molecule has 7 nitrogen and oxygen atoms in total. The molecule has 0 spiro atoms. The van der Waals surface area contributed by atoms with Gasteiger partial charge in [0.2, 0.25) is 20.0 Å². The predicted octanol–water partition coefficient (Wildman–Crippen LogP) is -0.783. The zero-order chi connectivity index (χ0) is 17.5. The second-order valence-electron chi connectivity index (χ2n) is 2.70. The van der Waals surface area contributed by atoms with Gasteiger partial charge in [-0.25, -0.2) is 27.1 Å². The molecule has 10 heteroatoms. The van der Waals surface area contributed by atoms with E-state index in [-0.39, 0.29) is 5.72 Å². The third-order valence-electron chi connectivity index (χ3n) is 1.57. The fraction of sp³-hybridized carbons (Fsp3) is 0. The summed E-state index contributed by atoms with van der Waals surface area (Å²) in [4.78, 5) is -1.99. The van der Waals surface area contributed by atoms with Crippen molar-refractivity contribution in [2.45, 2.75) is 9.79 Å². The molecule has 0 aliphatic heterocycles. The van der Waals surface area contributed by atoms with Gasteiger partial charge in [0.05, 0.1) is 10.7 Å². The Kier molecular flexibility index (Phi) is 1.63. The number of primary sulfonamides is 2. The van der Waals surface area contributed by atoms with Gasteiger partial charge in [-0.3, -0.25) is 0 Å². The number of nitrogen functional groups attached to an aromatic ring is 1. The summed E-state index contributed by atoms with van der Waals surface area (Å²) in [7, 11) is -9.63. The highest BCUT2D eigenvalue weighted by Crippen LogP contribution is 2.28. The Bertz CT molecular complexity index is 784. The minimum atomic E-state index is -4.86. The summed E-state index contributed by atoms with van der Waals surface area (Å²) in [6.07, 6.45) is 0. The van der Waals surface area contributed by atoms with Crippen LogP contribution in [0.3, 0.4) is 0 Å². The van der Waals surface area contributed by atoms with Crippen LogP contribution in [0.25, 0.3) is 0 Å². The van der Waals surface area contributed by atoms with Gasteiger partial charge in [0.15, 0.2) is 2.82 Å². The summed E-state index contributed by atoms with van der Waals surface area (Å²) in [5.74, 6) is 0. The van der Waals surface area contributed by atoms with Crippen molar-refractivity contribution in [1.82, 2.24) is 0 Å². The summed E-state index contributed by atoms with van der Waals surface area (Å²) in [6, 6.07) is 1.01. The molecule has 0 heterocycles. The molecule has 0 aliphatic rings. The molecule has 0 saturated heterocycles. The van der Waals surface area contributed by atoms with Gasteiger partial charge in [-0.2, -0.15) is 0 Å². The molecule has 0 saturated carbocycles. The van der Waals surface area contributed by atoms with E-state index >= 15 is 0 Å². The smallest absolute Gasteiger partial charge is 0.240 e. The average molecular weight is 292 g/mol. The van der Waals surface area contributed by atoms with Crippen molar-refractivity contribution in [3.05, 3.63) is 17.2 Å². The van der Waals surface area contributed by atoms with Crippen LogP contribution in [0.15, 0.2) is 21.9 Å². The summed E-state index contributed by atoms with van der Waals surface area (Å²) in [6.45, 7) is 0. The predicted molar refractivity (Wildman–Crippen MR) is 58.6 cm³/mol. The maximum atomic E-state index is 11.8. The van der Waals surface area contributed by atoms with E-state index in [1.807, 2.05) is 0 Å². The van der Waals surface area contributed by atoms with Gasteiger partial charge in [-0.15, -0.1) is 0 Å². The van der Waals surface area contributed by atoms with E-state index in [2.05, 4.69) is 0 Å². The average Bonchev–Trinajstić information content (AvgIpc) is 2.37. The number of halogens is 1. The van der Waals surface area contributed by atoms with Crippen LogP contribution < -0.4 is 16.0 Å². The maximum absolute atomic E-state index is 11.8. The largest absolute Gasteiger partial charge is 0.398 e. The molecule has 0 radical (unpaired) electrons. The highest BCUT2D eigenvalue weighted by molar-refractivity contribution is 7.90. The van der Waals surface area contributed by atoms with E-state index in [0.717, 1.165) is 0 Å². The second kappa shape index (κ2) is 3.86. The van der Waals surface area contributed by atoms with E-state index in [1.54, 1.807) is 0 Å². The summed E-state index contributed by atoms with van der Waals surface area (Å²) >= 11 is 5.64. The fourth-order valence-electron chi connectivity index (χ4n) is 0.929. The Balaban J connectivity index is 3.84. The van der Waals surface area contributed by atoms with E-state index in [9.17, 15) is 16.8 Å². The van der Waals surface area contributed by atoms with E-state index in [0.29, 0.717) is 12.1 Å². The van der Waals surface area contributed by atoms with Crippen molar-refractivity contribution in [3.8, 4) is 0 Å². The van der Waals surface area contributed by atoms with E-state index in [4.69, 9.17) is 20.1 Å². The lowest BCUT2D eigenvalue weighted by Crippen LogP contribution is -2.18. The van der Waals surface area contributed by atoms with Crippen LogP contribution in [-0.2, 0) is 20.0 Å². The van der Waals surface area contributed by atoms with Gasteiger partial charge in [-0.05, 0) is 12.1 Å². The summed E-state index contributed by atoms with van der Waals surface area (Å²) < 4.78 is 88.6. The molecule has 16 heavy (non-hydrogen) atoms. The van der Waals surface area contributed by atoms with Crippen LogP contribution in [0, 0.1) is 0 Å². The lowest BCUT2D eigenvalue weighted by atomic mass is 10.3. The number of anilines is 1. The molecular weight excluding hydrogens is 278 g/mol. The minimum absolute atomic E-state index is 0.197. The summed E-state index contributed by atoms with van der Waals surface area (Å²) in [5, 5.41) is -2.08. The number of rotatable bonds is 5. The number of hydrogen-bond acceptors (Lipinski definition) is 5. The Morgan fingerprint density at radius 1 is 1.06 bits per heavy atom. The molecule has 0 unspecified atom stereocenters. The van der Waals surface area contributed by atoms with Crippen molar-refractivity contribution < 1.29 is 25.3 Å². The highest BCUT2D eigenvalue weighted by atomic mass is 35.5. The van der Waals surface area contributed by atoms with Gasteiger partial charge < -0.3 is 5.72 Å². The standard InChI is InChI=1S/C6H8ClN3O4S2/c7-3-1-4(8)6(16(10,13)14)2-5(3)15(9,11)12/h1-2H,8H2,(H2,9,11,12)(H2,10,13,14)/i/hD6. The molecule has 1 rings (SSSR count). The molecule has 0 amide bonds. The maximum Gasteiger partial charge on any atom is 0.240 e. The second-order valence-corrected chi connectivity index (χ2v) is 5.89. The number of sulfonamides is 2. The number of nitrogens with two attached hydrogens (primary N) is 3. The third kappa shape index (κ3) is 2.62.